The third-order valence-corrected chi connectivity index (χ3v) is 4.45. The van der Waals surface area contributed by atoms with Gasteiger partial charge in [0, 0.05) is 38.9 Å². The van der Waals surface area contributed by atoms with Crippen LogP contribution in [0.2, 0.25) is 0 Å². The third kappa shape index (κ3) is 6.53. The number of hydrogen-bond donors (Lipinski definition) is 2. The Morgan fingerprint density at radius 2 is 1.96 bits per heavy atom. The molecular formula is C19H30F2N4O. The lowest BCUT2D eigenvalue weighted by Crippen LogP contribution is -2.42. The van der Waals surface area contributed by atoms with E-state index in [0.717, 1.165) is 32.1 Å². The zero-order valence-corrected chi connectivity index (χ0v) is 15.9. The molecule has 1 unspecified atom stereocenters. The van der Waals surface area contributed by atoms with Gasteiger partial charge in [0.05, 0.1) is 6.04 Å². The summed E-state index contributed by atoms with van der Waals surface area (Å²) >= 11 is 0. The number of rotatable bonds is 10. The maximum Gasteiger partial charge on any atom is 0.191 e. The van der Waals surface area contributed by atoms with Crippen LogP contribution >= 0.6 is 0 Å². The Bertz CT molecular complexity index is 571. The van der Waals surface area contributed by atoms with Crippen LogP contribution in [0.15, 0.2) is 23.2 Å². The summed E-state index contributed by atoms with van der Waals surface area (Å²) in [6, 6.07) is 3.49. The number of nitrogens with zero attached hydrogens (tertiary/aromatic N) is 2. The van der Waals surface area contributed by atoms with Crippen molar-refractivity contribution in [2.24, 2.45) is 10.9 Å². The second-order valence-corrected chi connectivity index (χ2v) is 6.87. The molecule has 1 aliphatic rings. The average molecular weight is 368 g/mol. The summed E-state index contributed by atoms with van der Waals surface area (Å²) in [5.74, 6) is 0.303. The number of guanidine groups is 1. The zero-order chi connectivity index (χ0) is 18.9. The molecule has 0 aliphatic heterocycles. The molecule has 0 heterocycles. The first-order valence-electron chi connectivity index (χ1n) is 9.15. The molecule has 0 bridgehead atoms. The SMILES string of the molecule is CN=C(NCCCOCC1CC1)NCC(c1c(F)cccc1F)N(C)C. The van der Waals surface area contributed by atoms with E-state index >= 15 is 0 Å². The molecule has 1 aromatic rings. The summed E-state index contributed by atoms with van der Waals surface area (Å²) in [5, 5.41) is 6.35. The number of halogens is 2. The lowest BCUT2D eigenvalue weighted by Gasteiger charge is -2.26. The molecule has 1 atom stereocenters. The van der Waals surface area contributed by atoms with Crippen LogP contribution in [-0.4, -0.2) is 58.3 Å². The van der Waals surface area contributed by atoms with Gasteiger partial charge in [-0.1, -0.05) is 6.07 Å². The Labute approximate surface area is 154 Å². The number of benzene rings is 1. The van der Waals surface area contributed by atoms with Crippen LogP contribution < -0.4 is 10.6 Å². The highest BCUT2D eigenvalue weighted by Crippen LogP contribution is 2.28. The molecule has 2 N–H and O–H groups in total. The first-order valence-corrected chi connectivity index (χ1v) is 9.15. The van der Waals surface area contributed by atoms with E-state index in [-0.39, 0.29) is 5.56 Å². The largest absolute Gasteiger partial charge is 0.381 e. The smallest absolute Gasteiger partial charge is 0.191 e. The van der Waals surface area contributed by atoms with Crippen LogP contribution in [0.25, 0.3) is 0 Å². The summed E-state index contributed by atoms with van der Waals surface area (Å²) in [6.45, 7) is 2.65. The van der Waals surface area contributed by atoms with E-state index in [9.17, 15) is 8.78 Å². The maximum absolute atomic E-state index is 14.1. The monoisotopic (exact) mass is 368 g/mol. The molecule has 0 aromatic heterocycles. The summed E-state index contributed by atoms with van der Waals surface area (Å²) in [7, 11) is 5.27. The molecule has 0 spiro atoms. The minimum absolute atomic E-state index is 0.0638. The van der Waals surface area contributed by atoms with E-state index in [0.29, 0.717) is 12.5 Å². The van der Waals surface area contributed by atoms with Gasteiger partial charge < -0.3 is 20.3 Å². The van der Waals surface area contributed by atoms with Gasteiger partial charge in [0.15, 0.2) is 5.96 Å². The van der Waals surface area contributed by atoms with Crippen molar-refractivity contribution in [1.29, 1.82) is 0 Å². The number of aliphatic imine (C=N–C) groups is 1. The van der Waals surface area contributed by atoms with Gasteiger partial charge in [-0.15, -0.1) is 0 Å². The summed E-state index contributed by atoms with van der Waals surface area (Å²) < 4.78 is 33.8. The van der Waals surface area contributed by atoms with Crippen molar-refractivity contribution in [3.8, 4) is 0 Å². The van der Waals surface area contributed by atoms with E-state index < -0.39 is 17.7 Å². The Morgan fingerprint density at radius 1 is 1.27 bits per heavy atom. The third-order valence-electron chi connectivity index (χ3n) is 4.45. The first kappa shape index (κ1) is 20.6. The molecule has 0 amide bonds. The molecule has 1 fully saturated rings. The fraction of sp³-hybridized carbons (Fsp3) is 0.632. The van der Waals surface area contributed by atoms with E-state index in [4.69, 9.17) is 4.74 Å². The molecule has 1 aliphatic carbocycles. The molecule has 1 saturated carbocycles. The van der Waals surface area contributed by atoms with Crippen molar-refractivity contribution in [3.05, 3.63) is 35.4 Å². The highest BCUT2D eigenvalue weighted by Gasteiger charge is 2.22. The zero-order valence-electron chi connectivity index (χ0n) is 15.9. The number of hydrogen-bond acceptors (Lipinski definition) is 3. The van der Waals surface area contributed by atoms with Gasteiger partial charge in [-0.2, -0.15) is 0 Å². The lowest BCUT2D eigenvalue weighted by molar-refractivity contribution is 0.123. The van der Waals surface area contributed by atoms with Crippen molar-refractivity contribution >= 4 is 5.96 Å². The van der Waals surface area contributed by atoms with Gasteiger partial charge in [0.2, 0.25) is 0 Å². The highest BCUT2D eigenvalue weighted by atomic mass is 19.1. The Kier molecular flexibility index (Phi) is 8.25. The van der Waals surface area contributed by atoms with Crippen molar-refractivity contribution in [2.75, 3.05) is 47.4 Å². The van der Waals surface area contributed by atoms with Gasteiger partial charge in [0.1, 0.15) is 11.6 Å². The van der Waals surface area contributed by atoms with Crippen LogP contribution in [0, 0.1) is 17.6 Å². The fourth-order valence-electron chi connectivity index (χ4n) is 2.70. The minimum atomic E-state index is -0.541. The van der Waals surface area contributed by atoms with Crippen LogP contribution in [0.1, 0.15) is 30.9 Å². The minimum Gasteiger partial charge on any atom is -0.381 e. The predicted molar refractivity (Wildman–Crippen MR) is 100 cm³/mol. The second-order valence-electron chi connectivity index (χ2n) is 6.87. The Hall–Kier alpha value is -1.73. The molecule has 5 nitrogen and oxygen atoms in total. The van der Waals surface area contributed by atoms with Crippen molar-refractivity contribution in [2.45, 2.75) is 25.3 Å². The number of nitrogens with one attached hydrogen (secondary N) is 2. The molecule has 2 rings (SSSR count). The van der Waals surface area contributed by atoms with E-state index in [1.54, 1.807) is 26.0 Å². The van der Waals surface area contributed by atoms with Crippen molar-refractivity contribution < 1.29 is 13.5 Å². The Morgan fingerprint density at radius 3 is 2.54 bits per heavy atom. The second kappa shape index (κ2) is 10.4. The maximum atomic E-state index is 14.1. The number of likely N-dealkylation sites (N-methyl/N-ethyl adjacent to an activating group) is 1. The molecule has 0 saturated heterocycles. The van der Waals surface area contributed by atoms with Crippen molar-refractivity contribution in [1.82, 2.24) is 15.5 Å². The van der Waals surface area contributed by atoms with Gasteiger partial charge in [-0.3, -0.25) is 4.99 Å². The van der Waals surface area contributed by atoms with Gasteiger partial charge >= 0.3 is 0 Å². The lowest BCUT2D eigenvalue weighted by atomic mass is 10.0. The number of ether oxygens (including phenoxy) is 1. The van der Waals surface area contributed by atoms with Gasteiger partial charge in [0.25, 0.3) is 0 Å². The van der Waals surface area contributed by atoms with E-state index in [1.165, 1.54) is 31.0 Å². The average Bonchev–Trinajstić information content (AvgIpc) is 3.42. The fourth-order valence-corrected chi connectivity index (χ4v) is 2.70. The molecular weight excluding hydrogens is 338 g/mol. The molecule has 7 heteroatoms. The highest BCUT2D eigenvalue weighted by molar-refractivity contribution is 5.79. The van der Waals surface area contributed by atoms with E-state index in [2.05, 4.69) is 15.6 Å². The first-order chi connectivity index (χ1) is 12.5. The summed E-state index contributed by atoms with van der Waals surface area (Å²) in [4.78, 5) is 5.95. The van der Waals surface area contributed by atoms with Crippen LogP contribution in [0.5, 0.6) is 0 Å². The predicted octanol–water partition coefficient (Wildman–Crippen LogP) is 2.55. The van der Waals surface area contributed by atoms with Crippen LogP contribution in [-0.2, 0) is 4.74 Å². The molecule has 26 heavy (non-hydrogen) atoms. The topological polar surface area (TPSA) is 48.9 Å². The molecule has 1 aromatic carbocycles. The summed E-state index contributed by atoms with van der Waals surface area (Å²) in [5.41, 5.74) is 0.0638. The summed E-state index contributed by atoms with van der Waals surface area (Å²) in [6.07, 6.45) is 3.47. The normalized spacial score (nSPS) is 16.0. The van der Waals surface area contributed by atoms with Gasteiger partial charge in [-0.25, -0.2) is 8.78 Å². The molecule has 146 valence electrons. The van der Waals surface area contributed by atoms with Crippen LogP contribution in [0.4, 0.5) is 8.78 Å². The quantitative estimate of drug-likeness (QED) is 0.379. The van der Waals surface area contributed by atoms with E-state index in [1.807, 2.05) is 0 Å². The van der Waals surface area contributed by atoms with Gasteiger partial charge in [-0.05, 0) is 51.4 Å². The molecule has 0 radical (unpaired) electrons. The Balaban J connectivity index is 1.78. The van der Waals surface area contributed by atoms with Crippen LogP contribution in [0.3, 0.4) is 0 Å². The standard InChI is InChI=1S/C19H30F2N4O/c1-22-19(23-10-5-11-26-13-14-8-9-14)24-12-17(25(2)3)18-15(20)6-4-7-16(18)21/h4,6-7,14,17H,5,8-13H2,1-3H3,(H2,22,23,24). The van der Waals surface area contributed by atoms with Crippen molar-refractivity contribution in [3.63, 3.8) is 0 Å².